The van der Waals surface area contributed by atoms with Crippen molar-refractivity contribution in [2.45, 2.75) is 58.5 Å². The van der Waals surface area contributed by atoms with Crippen LogP contribution in [0, 0.1) is 0 Å². The molecule has 23 heavy (non-hydrogen) atoms. The molecule has 0 fully saturated rings. The summed E-state index contributed by atoms with van der Waals surface area (Å²) >= 11 is 0. The predicted octanol–water partition coefficient (Wildman–Crippen LogP) is 3.18. The molecule has 2 unspecified atom stereocenters. The van der Waals surface area contributed by atoms with Gasteiger partial charge in [0.15, 0.2) is 11.5 Å². The molecule has 0 radical (unpaired) electrons. The molecule has 3 N–H and O–H groups in total. The summed E-state index contributed by atoms with van der Waals surface area (Å²) in [6, 6.07) is 5.72. The Morgan fingerprint density at radius 2 is 2.04 bits per heavy atom. The lowest BCUT2D eigenvalue weighted by atomic mass is 10.1. The van der Waals surface area contributed by atoms with E-state index in [4.69, 9.17) is 15.2 Å². The van der Waals surface area contributed by atoms with Gasteiger partial charge in [-0.15, -0.1) is 0 Å². The monoisotopic (exact) mass is 322 g/mol. The van der Waals surface area contributed by atoms with Gasteiger partial charge in [-0.05, 0) is 44.4 Å². The van der Waals surface area contributed by atoms with E-state index in [1.807, 2.05) is 32.0 Å². The Kier molecular flexibility index (Phi) is 8.48. The van der Waals surface area contributed by atoms with Crippen LogP contribution in [0.4, 0.5) is 0 Å². The molecular weight excluding hydrogens is 292 g/mol. The highest BCUT2D eigenvalue weighted by Gasteiger charge is 2.13. The summed E-state index contributed by atoms with van der Waals surface area (Å²) in [7, 11) is 1.62. The molecule has 130 valence electrons. The van der Waals surface area contributed by atoms with Gasteiger partial charge in [0, 0.05) is 12.5 Å². The van der Waals surface area contributed by atoms with Gasteiger partial charge < -0.3 is 20.5 Å². The quantitative estimate of drug-likeness (QED) is 0.649. The molecule has 5 nitrogen and oxygen atoms in total. The molecule has 0 aliphatic heterocycles. The fraction of sp³-hybridized carbons (Fsp3) is 0.611. The normalized spacial score (nSPS) is 13.3. The molecule has 0 heterocycles. The number of carbonyl (C=O) groups excluding carboxylic acids is 1. The lowest BCUT2D eigenvalue weighted by Gasteiger charge is -2.17. The number of rotatable bonds is 10. The molecule has 5 heteroatoms. The number of hydrogen-bond donors (Lipinski definition) is 2. The molecule has 0 saturated carbocycles. The van der Waals surface area contributed by atoms with Gasteiger partial charge in [0.05, 0.1) is 19.8 Å². The Morgan fingerprint density at radius 3 is 2.65 bits per heavy atom. The highest BCUT2D eigenvalue weighted by atomic mass is 16.5. The van der Waals surface area contributed by atoms with E-state index in [0.29, 0.717) is 25.2 Å². The number of benzene rings is 1. The number of carbonyl (C=O) groups is 1. The van der Waals surface area contributed by atoms with Crippen LogP contribution in [0.25, 0.3) is 0 Å². The van der Waals surface area contributed by atoms with Crippen molar-refractivity contribution in [2.24, 2.45) is 5.73 Å². The first-order valence-electron chi connectivity index (χ1n) is 8.33. The minimum Gasteiger partial charge on any atom is -0.493 e. The van der Waals surface area contributed by atoms with Gasteiger partial charge in [-0.3, -0.25) is 4.79 Å². The van der Waals surface area contributed by atoms with Crippen molar-refractivity contribution in [3.8, 4) is 11.5 Å². The molecule has 0 aliphatic carbocycles. The molecule has 0 aliphatic rings. The average molecular weight is 322 g/mol. The Morgan fingerprint density at radius 1 is 1.30 bits per heavy atom. The van der Waals surface area contributed by atoms with Gasteiger partial charge in [0.1, 0.15) is 0 Å². The smallest absolute Gasteiger partial charge is 0.220 e. The van der Waals surface area contributed by atoms with Crippen molar-refractivity contribution in [2.75, 3.05) is 13.7 Å². The SMILES string of the molecule is CCCCOc1ccc(C(C)NC(=O)CCC(C)N)cc1OC. The summed E-state index contributed by atoms with van der Waals surface area (Å²) in [5.74, 6) is 1.44. The maximum absolute atomic E-state index is 11.9. The minimum atomic E-state index is -0.0887. The molecule has 0 saturated heterocycles. The van der Waals surface area contributed by atoms with Gasteiger partial charge in [-0.1, -0.05) is 19.4 Å². The van der Waals surface area contributed by atoms with E-state index in [9.17, 15) is 4.79 Å². The summed E-state index contributed by atoms with van der Waals surface area (Å²) in [5, 5.41) is 2.98. The number of nitrogens with two attached hydrogens (primary N) is 1. The van der Waals surface area contributed by atoms with E-state index in [1.165, 1.54) is 0 Å². The standard InChI is InChI=1S/C18H30N2O3/c1-5-6-11-23-16-9-8-15(12-17(16)22-4)14(3)20-18(21)10-7-13(2)19/h8-9,12-14H,5-7,10-11,19H2,1-4H3,(H,20,21). The maximum Gasteiger partial charge on any atom is 0.220 e. The Balaban J connectivity index is 2.66. The topological polar surface area (TPSA) is 73.6 Å². The van der Waals surface area contributed by atoms with Gasteiger partial charge in [-0.2, -0.15) is 0 Å². The third-order valence-electron chi connectivity index (χ3n) is 3.65. The molecular formula is C18H30N2O3. The molecule has 1 rings (SSSR count). The zero-order chi connectivity index (χ0) is 17.2. The van der Waals surface area contributed by atoms with Crippen LogP contribution in [0.3, 0.4) is 0 Å². The van der Waals surface area contributed by atoms with E-state index in [2.05, 4.69) is 12.2 Å². The van der Waals surface area contributed by atoms with Crippen molar-refractivity contribution in [1.82, 2.24) is 5.32 Å². The van der Waals surface area contributed by atoms with Crippen molar-refractivity contribution >= 4 is 5.91 Å². The number of nitrogens with one attached hydrogen (secondary N) is 1. The first-order valence-corrected chi connectivity index (χ1v) is 8.33. The highest BCUT2D eigenvalue weighted by molar-refractivity contribution is 5.76. The number of hydrogen-bond acceptors (Lipinski definition) is 4. The van der Waals surface area contributed by atoms with Crippen molar-refractivity contribution in [3.63, 3.8) is 0 Å². The first kappa shape index (κ1) is 19.3. The second-order valence-electron chi connectivity index (χ2n) is 5.92. The van der Waals surface area contributed by atoms with Gasteiger partial charge in [0.2, 0.25) is 5.91 Å². The van der Waals surface area contributed by atoms with Gasteiger partial charge >= 0.3 is 0 Å². The predicted molar refractivity (Wildman–Crippen MR) is 92.8 cm³/mol. The van der Waals surface area contributed by atoms with Crippen LogP contribution in [-0.4, -0.2) is 25.7 Å². The minimum absolute atomic E-state index is 0.0111. The Hall–Kier alpha value is -1.75. The number of unbranched alkanes of at least 4 members (excludes halogenated alkanes) is 1. The second-order valence-corrected chi connectivity index (χ2v) is 5.92. The van der Waals surface area contributed by atoms with Crippen LogP contribution in [-0.2, 0) is 4.79 Å². The summed E-state index contributed by atoms with van der Waals surface area (Å²) in [6.45, 7) is 6.66. The highest BCUT2D eigenvalue weighted by Crippen LogP contribution is 2.30. The number of ether oxygens (including phenoxy) is 2. The van der Waals surface area contributed by atoms with Gasteiger partial charge in [0.25, 0.3) is 0 Å². The fourth-order valence-electron chi connectivity index (χ4n) is 2.15. The zero-order valence-corrected chi connectivity index (χ0v) is 14.7. The number of methoxy groups -OCH3 is 1. The zero-order valence-electron chi connectivity index (χ0n) is 14.7. The molecule has 0 spiro atoms. The van der Waals surface area contributed by atoms with Crippen LogP contribution in [0.2, 0.25) is 0 Å². The van der Waals surface area contributed by atoms with E-state index in [-0.39, 0.29) is 18.0 Å². The van der Waals surface area contributed by atoms with Crippen LogP contribution in [0.15, 0.2) is 18.2 Å². The average Bonchev–Trinajstić information content (AvgIpc) is 2.53. The molecule has 1 aromatic carbocycles. The molecule has 0 bridgehead atoms. The third-order valence-corrected chi connectivity index (χ3v) is 3.65. The third kappa shape index (κ3) is 6.91. The van der Waals surface area contributed by atoms with Crippen LogP contribution >= 0.6 is 0 Å². The van der Waals surface area contributed by atoms with Crippen molar-refractivity contribution in [3.05, 3.63) is 23.8 Å². The second kappa shape index (κ2) is 10.1. The first-order chi connectivity index (χ1) is 11.0. The van der Waals surface area contributed by atoms with E-state index < -0.39 is 0 Å². The maximum atomic E-state index is 11.9. The molecule has 1 aromatic rings. The molecule has 0 aromatic heterocycles. The van der Waals surface area contributed by atoms with Crippen molar-refractivity contribution in [1.29, 1.82) is 0 Å². The van der Waals surface area contributed by atoms with Crippen molar-refractivity contribution < 1.29 is 14.3 Å². The summed E-state index contributed by atoms with van der Waals surface area (Å²) in [4.78, 5) is 11.9. The lowest BCUT2D eigenvalue weighted by Crippen LogP contribution is -2.28. The fourth-order valence-corrected chi connectivity index (χ4v) is 2.15. The number of amides is 1. The van der Waals surface area contributed by atoms with Gasteiger partial charge in [-0.25, -0.2) is 0 Å². The van der Waals surface area contributed by atoms with E-state index in [0.717, 1.165) is 24.2 Å². The molecule has 1 amide bonds. The molecule has 2 atom stereocenters. The van der Waals surface area contributed by atoms with E-state index in [1.54, 1.807) is 7.11 Å². The van der Waals surface area contributed by atoms with Crippen LogP contribution in [0.5, 0.6) is 11.5 Å². The summed E-state index contributed by atoms with van der Waals surface area (Å²) in [5.41, 5.74) is 6.66. The lowest BCUT2D eigenvalue weighted by molar-refractivity contribution is -0.121. The summed E-state index contributed by atoms with van der Waals surface area (Å²) < 4.78 is 11.1. The Labute approximate surface area is 139 Å². The Bertz CT molecular complexity index is 489. The van der Waals surface area contributed by atoms with E-state index >= 15 is 0 Å². The summed E-state index contributed by atoms with van der Waals surface area (Å²) in [6.07, 6.45) is 3.23. The van der Waals surface area contributed by atoms with Crippen LogP contribution < -0.4 is 20.5 Å². The largest absolute Gasteiger partial charge is 0.493 e. The van der Waals surface area contributed by atoms with Crippen LogP contribution in [0.1, 0.15) is 58.1 Å².